The third-order valence-corrected chi connectivity index (χ3v) is 5.72. The van der Waals surface area contributed by atoms with Crippen LogP contribution in [-0.2, 0) is 0 Å². The van der Waals surface area contributed by atoms with Crippen LogP contribution >= 0.6 is 0 Å². The van der Waals surface area contributed by atoms with Gasteiger partial charge in [-0.25, -0.2) is 9.36 Å². The van der Waals surface area contributed by atoms with Gasteiger partial charge in [0.1, 0.15) is 5.82 Å². The number of aromatic nitrogens is 3. The van der Waals surface area contributed by atoms with E-state index >= 15 is 0 Å². The molecule has 6 nitrogen and oxygen atoms in total. The maximum absolute atomic E-state index is 12.9. The Morgan fingerprint density at radius 1 is 1.03 bits per heavy atom. The molecule has 0 spiro atoms. The van der Waals surface area contributed by atoms with Crippen LogP contribution in [0.1, 0.15) is 57.8 Å². The predicted octanol–water partition coefficient (Wildman–Crippen LogP) is 4.78. The van der Waals surface area contributed by atoms with Crippen molar-refractivity contribution in [3.8, 4) is 17.1 Å². The number of nitrogens with zero attached hydrogens (tertiary/aromatic N) is 4. The van der Waals surface area contributed by atoms with Crippen molar-refractivity contribution in [3.63, 3.8) is 0 Å². The molecule has 1 aliphatic rings. The average molecular weight is 393 g/mol. The summed E-state index contributed by atoms with van der Waals surface area (Å²) < 4.78 is 7.77. The Morgan fingerprint density at radius 2 is 1.76 bits per heavy atom. The van der Waals surface area contributed by atoms with Gasteiger partial charge in [-0.05, 0) is 32.8 Å². The molecule has 4 rings (SSSR count). The standard InChI is InChI=1S/C23H28N4O2/c1-3-26(4-2)19-15-16-27(23(28)24-19)21-20(17-11-7-5-8-12-17)29-22(25-21)18-13-9-6-10-14-18/h5,7-8,11-12,15-16,18H,3-4,6,9-10,13-14H2,1-2H3. The number of hydrogen-bond acceptors (Lipinski definition) is 5. The van der Waals surface area contributed by atoms with Gasteiger partial charge < -0.3 is 9.32 Å². The van der Waals surface area contributed by atoms with Gasteiger partial charge in [0.2, 0.25) is 0 Å². The summed E-state index contributed by atoms with van der Waals surface area (Å²) >= 11 is 0. The van der Waals surface area contributed by atoms with E-state index in [2.05, 4.69) is 23.7 Å². The maximum Gasteiger partial charge on any atom is 0.355 e. The minimum atomic E-state index is -0.338. The molecule has 0 N–H and O–H groups in total. The molecule has 0 bridgehead atoms. The lowest BCUT2D eigenvalue weighted by molar-refractivity contribution is 0.367. The van der Waals surface area contributed by atoms with Crippen molar-refractivity contribution in [2.45, 2.75) is 51.9 Å². The van der Waals surface area contributed by atoms with Crippen LogP contribution in [0.3, 0.4) is 0 Å². The third kappa shape index (κ3) is 3.97. The lowest BCUT2D eigenvalue weighted by Gasteiger charge is -2.19. The molecule has 29 heavy (non-hydrogen) atoms. The Morgan fingerprint density at radius 3 is 2.41 bits per heavy atom. The highest BCUT2D eigenvalue weighted by molar-refractivity contribution is 5.65. The van der Waals surface area contributed by atoms with Crippen LogP contribution in [0, 0.1) is 0 Å². The van der Waals surface area contributed by atoms with Gasteiger partial charge in [0, 0.05) is 30.8 Å². The minimum absolute atomic E-state index is 0.318. The van der Waals surface area contributed by atoms with Gasteiger partial charge in [0.15, 0.2) is 17.5 Å². The maximum atomic E-state index is 12.9. The Balaban J connectivity index is 1.80. The highest BCUT2D eigenvalue weighted by Gasteiger charge is 2.25. The van der Waals surface area contributed by atoms with Crippen LogP contribution in [0.4, 0.5) is 5.82 Å². The zero-order chi connectivity index (χ0) is 20.2. The van der Waals surface area contributed by atoms with Crippen LogP contribution in [0.5, 0.6) is 0 Å². The second kappa shape index (κ2) is 8.64. The molecule has 0 unspecified atom stereocenters. The molecule has 1 fully saturated rings. The number of hydrogen-bond donors (Lipinski definition) is 0. The second-order valence-corrected chi connectivity index (χ2v) is 7.52. The van der Waals surface area contributed by atoms with E-state index in [4.69, 9.17) is 9.40 Å². The molecule has 3 aromatic rings. The van der Waals surface area contributed by atoms with Gasteiger partial charge in [-0.3, -0.25) is 0 Å². The lowest BCUT2D eigenvalue weighted by Crippen LogP contribution is -2.29. The minimum Gasteiger partial charge on any atom is -0.438 e. The first-order valence-electron chi connectivity index (χ1n) is 10.6. The molecule has 0 radical (unpaired) electrons. The third-order valence-electron chi connectivity index (χ3n) is 5.72. The number of rotatable bonds is 6. The van der Waals surface area contributed by atoms with E-state index in [0.717, 1.165) is 37.4 Å². The van der Waals surface area contributed by atoms with Gasteiger partial charge >= 0.3 is 5.69 Å². The van der Waals surface area contributed by atoms with E-state index in [1.807, 2.05) is 36.4 Å². The van der Waals surface area contributed by atoms with Crippen LogP contribution in [0.15, 0.2) is 51.8 Å². The first-order valence-corrected chi connectivity index (χ1v) is 10.6. The van der Waals surface area contributed by atoms with Gasteiger partial charge in [0.25, 0.3) is 0 Å². The first kappa shape index (κ1) is 19.4. The van der Waals surface area contributed by atoms with Gasteiger partial charge in [-0.1, -0.05) is 49.6 Å². The van der Waals surface area contributed by atoms with Crippen molar-refractivity contribution >= 4 is 5.82 Å². The van der Waals surface area contributed by atoms with Gasteiger partial charge in [-0.15, -0.1) is 0 Å². The predicted molar refractivity (Wildman–Crippen MR) is 115 cm³/mol. The zero-order valence-electron chi connectivity index (χ0n) is 17.2. The van der Waals surface area contributed by atoms with E-state index in [1.54, 1.807) is 6.20 Å². The van der Waals surface area contributed by atoms with Crippen LogP contribution in [0.2, 0.25) is 0 Å². The summed E-state index contributed by atoms with van der Waals surface area (Å²) in [7, 11) is 0. The van der Waals surface area contributed by atoms with E-state index in [9.17, 15) is 4.79 Å². The number of benzene rings is 1. The SMILES string of the molecule is CCN(CC)c1ccn(-c2nc(C3CCCCC3)oc2-c2ccccc2)c(=O)n1. The molecule has 0 amide bonds. The summed E-state index contributed by atoms with van der Waals surface area (Å²) in [5.74, 6) is 2.90. The quantitative estimate of drug-likeness (QED) is 0.604. The normalized spacial score (nSPS) is 14.8. The molecule has 0 aliphatic heterocycles. The van der Waals surface area contributed by atoms with Gasteiger partial charge in [-0.2, -0.15) is 9.97 Å². The Kier molecular flexibility index (Phi) is 5.79. The largest absolute Gasteiger partial charge is 0.438 e. The highest BCUT2D eigenvalue weighted by Crippen LogP contribution is 2.36. The van der Waals surface area contributed by atoms with Crippen LogP contribution < -0.4 is 10.6 Å². The highest BCUT2D eigenvalue weighted by atomic mass is 16.4. The Hall–Kier alpha value is -2.89. The fourth-order valence-electron chi connectivity index (χ4n) is 4.07. The van der Waals surface area contributed by atoms with E-state index in [1.165, 1.54) is 23.8 Å². The summed E-state index contributed by atoms with van der Waals surface area (Å²) in [6.45, 7) is 5.71. The van der Waals surface area contributed by atoms with E-state index in [0.29, 0.717) is 23.3 Å². The fourth-order valence-corrected chi connectivity index (χ4v) is 4.07. The zero-order valence-corrected chi connectivity index (χ0v) is 17.2. The van der Waals surface area contributed by atoms with Crippen molar-refractivity contribution in [2.24, 2.45) is 0 Å². The summed E-state index contributed by atoms with van der Waals surface area (Å²) in [4.78, 5) is 24.0. The molecular formula is C23H28N4O2. The molecule has 0 atom stereocenters. The second-order valence-electron chi connectivity index (χ2n) is 7.52. The van der Waals surface area contributed by atoms with E-state index in [-0.39, 0.29) is 5.69 Å². The van der Waals surface area contributed by atoms with Gasteiger partial charge in [0.05, 0.1) is 0 Å². The van der Waals surface area contributed by atoms with Crippen molar-refractivity contribution in [1.82, 2.24) is 14.5 Å². The molecule has 6 heteroatoms. The van der Waals surface area contributed by atoms with Crippen molar-refractivity contribution < 1.29 is 4.42 Å². The van der Waals surface area contributed by atoms with Crippen LogP contribution in [-0.4, -0.2) is 27.6 Å². The first-order chi connectivity index (χ1) is 14.2. The molecule has 2 heterocycles. The molecule has 152 valence electrons. The summed E-state index contributed by atoms with van der Waals surface area (Å²) in [5, 5.41) is 0. The lowest BCUT2D eigenvalue weighted by atomic mass is 9.89. The summed E-state index contributed by atoms with van der Waals surface area (Å²) in [5.41, 5.74) is 0.576. The van der Waals surface area contributed by atoms with Crippen molar-refractivity contribution in [3.05, 3.63) is 59.0 Å². The van der Waals surface area contributed by atoms with E-state index < -0.39 is 0 Å². The average Bonchev–Trinajstić information content (AvgIpc) is 3.21. The monoisotopic (exact) mass is 392 g/mol. The Labute approximate surface area is 171 Å². The van der Waals surface area contributed by atoms with Crippen molar-refractivity contribution in [2.75, 3.05) is 18.0 Å². The molecule has 1 aromatic carbocycles. The molecule has 1 saturated carbocycles. The molecule has 1 aliphatic carbocycles. The topological polar surface area (TPSA) is 64.2 Å². The number of oxazole rings is 1. The Bertz CT molecular complexity index is 999. The molecule has 2 aromatic heterocycles. The summed E-state index contributed by atoms with van der Waals surface area (Å²) in [6.07, 6.45) is 7.60. The van der Waals surface area contributed by atoms with Crippen LogP contribution in [0.25, 0.3) is 17.1 Å². The van der Waals surface area contributed by atoms with Crippen molar-refractivity contribution in [1.29, 1.82) is 0 Å². The summed E-state index contributed by atoms with van der Waals surface area (Å²) in [6, 6.07) is 11.7. The molecule has 0 saturated heterocycles. The molecular weight excluding hydrogens is 364 g/mol. The fraction of sp³-hybridized carbons (Fsp3) is 0.435. The smallest absolute Gasteiger partial charge is 0.355 e. The number of anilines is 1.